The molecule has 2 heterocycles. The number of halogens is 6. The molecule has 0 aromatic heterocycles. The third kappa shape index (κ3) is 18.4. The van der Waals surface area contributed by atoms with Crippen LogP contribution in [0, 0.1) is 0 Å². The zero-order chi connectivity index (χ0) is 24.8. The quantitative estimate of drug-likeness (QED) is 0.203. The van der Waals surface area contributed by atoms with Crippen molar-refractivity contribution >= 4 is 33.0 Å². The first kappa shape index (κ1) is 33.0. The summed E-state index contributed by atoms with van der Waals surface area (Å²) in [7, 11) is -8.19. The molecule has 0 spiro atoms. The van der Waals surface area contributed by atoms with Crippen LogP contribution in [0.1, 0.15) is 13.8 Å². The first-order valence-electron chi connectivity index (χ1n) is 7.63. The Balaban J connectivity index is -0.000000316. The van der Waals surface area contributed by atoms with E-state index in [4.69, 9.17) is 35.4 Å². The predicted molar refractivity (Wildman–Crippen MR) is 89.0 cm³/mol. The molecule has 18 heteroatoms. The summed E-state index contributed by atoms with van der Waals surface area (Å²) in [6.45, 7) is 7.80. The summed E-state index contributed by atoms with van der Waals surface area (Å²) in [5, 5.41) is 0. The van der Waals surface area contributed by atoms with Gasteiger partial charge in [0.05, 0.1) is 0 Å². The van der Waals surface area contributed by atoms with E-state index in [2.05, 4.69) is 0 Å². The van der Waals surface area contributed by atoms with E-state index in [9.17, 15) is 26.3 Å². The maximum atomic E-state index is 10.7. The predicted octanol–water partition coefficient (Wildman–Crippen LogP) is 0.503. The summed E-state index contributed by atoms with van der Waals surface area (Å²) < 4.78 is 132. The van der Waals surface area contributed by atoms with Gasteiger partial charge >= 0.3 is 23.8 Å². The lowest BCUT2D eigenvalue weighted by Gasteiger charge is -2.08. The molecule has 2 aliphatic rings. The molecule has 0 N–H and O–H groups in total. The van der Waals surface area contributed by atoms with Gasteiger partial charge in [0, 0.05) is 0 Å². The zero-order valence-electron chi connectivity index (χ0n) is 16.2. The second-order valence-corrected chi connectivity index (χ2v) is 7.46. The minimum absolute atomic E-state index is 0.858. The summed E-state index contributed by atoms with van der Waals surface area (Å²) in [5.41, 5.74) is -11.3. The Bertz CT molecular complexity index is 682. The van der Waals surface area contributed by atoms with E-state index in [1.807, 2.05) is 37.1 Å². The van der Waals surface area contributed by atoms with Gasteiger partial charge in [-0.15, -0.1) is 0 Å². The number of rotatable bonds is 0. The van der Waals surface area contributed by atoms with Crippen molar-refractivity contribution in [2.75, 3.05) is 40.4 Å². The first-order valence-corrected chi connectivity index (χ1v) is 10.5. The fourth-order valence-electron chi connectivity index (χ4n) is 0.859. The van der Waals surface area contributed by atoms with E-state index in [1.54, 1.807) is 12.8 Å². The monoisotopic (exact) mass is 500 g/mol. The molecule has 0 unspecified atom stereocenters. The highest BCUT2D eigenvalue weighted by atomic mass is 32.2. The van der Waals surface area contributed by atoms with Crippen LogP contribution in [0.3, 0.4) is 0 Å². The van der Waals surface area contributed by atoms with Crippen LogP contribution < -0.4 is 0 Å². The van der Waals surface area contributed by atoms with Crippen LogP contribution in [0.15, 0.2) is 0 Å². The van der Waals surface area contributed by atoms with Crippen molar-refractivity contribution in [2.45, 2.75) is 24.9 Å². The fourth-order valence-corrected chi connectivity index (χ4v) is 0.859. The number of likely N-dealkylation sites (N-methyl/N-ethyl adjacent to an activating group) is 2. The molecule has 10 nitrogen and oxygen atoms in total. The topological polar surface area (TPSA) is 139 Å². The van der Waals surface area contributed by atoms with Crippen molar-refractivity contribution in [3.63, 3.8) is 0 Å². The molecule has 0 atom stereocenters. The molecule has 2 rings (SSSR count). The minimum atomic E-state index is -6.09. The number of nitrogens with zero attached hydrogens (tertiary/aromatic N) is 2. The molecule has 2 aliphatic heterocycles. The Morgan fingerprint density at radius 3 is 0.967 bits per heavy atom. The van der Waals surface area contributed by atoms with E-state index in [-0.39, 0.29) is 0 Å². The largest absolute Gasteiger partial charge is 0.741 e. The van der Waals surface area contributed by atoms with E-state index >= 15 is 0 Å². The molecular weight excluding hydrogens is 478 g/mol. The van der Waals surface area contributed by atoms with Crippen LogP contribution >= 0.6 is 0 Å². The fraction of sp³-hybridized carbons (Fsp3) is 0.833. The van der Waals surface area contributed by atoms with E-state index in [1.165, 1.54) is 0 Å². The summed E-state index contributed by atoms with van der Waals surface area (Å²) in [6.07, 6.45) is 3.47. The standard InChI is InChI=1S/2C4H8NO.C2H6.2CHF3O3S/c2*1-5-2-3-6-4-5;1-2;2*2-1(3,4)8(5,6)7/h2*4H,2-3H2,1H3;1-2H3;2*(H,5,6,7)/q2*+1;;;/p-2. The maximum Gasteiger partial charge on any atom is 0.485 e. The number of hydrogen-bond acceptors (Lipinski definition) is 8. The Hall–Kier alpha value is -1.66. The highest BCUT2D eigenvalue weighted by Crippen LogP contribution is 2.21. The maximum absolute atomic E-state index is 10.7. The van der Waals surface area contributed by atoms with Gasteiger partial charge in [-0.05, 0) is 0 Å². The van der Waals surface area contributed by atoms with Crippen LogP contribution in [0.2, 0.25) is 0 Å². The average Bonchev–Trinajstić information content (AvgIpc) is 3.21. The first-order chi connectivity index (χ1) is 13.3. The lowest BCUT2D eigenvalue weighted by Crippen LogP contribution is -2.21. The van der Waals surface area contributed by atoms with Crippen LogP contribution in [-0.2, 0) is 29.7 Å². The van der Waals surface area contributed by atoms with Gasteiger partial charge < -0.3 is 18.6 Å². The van der Waals surface area contributed by atoms with E-state index in [0.29, 0.717) is 0 Å². The summed E-state index contributed by atoms with van der Waals surface area (Å²) >= 11 is 0. The van der Waals surface area contributed by atoms with Crippen molar-refractivity contribution in [3.05, 3.63) is 0 Å². The third-order valence-corrected chi connectivity index (χ3v) is 3.33. The van der Waals surface area contributed by atoms with Gasteiger partial charge in [0.25, 0.3) is 0 Å². The molecule has 0 saturated carbocycles. The molecule has 30 heavy (non-hydrogen) atoms. The molecule has 0 radical (unpaired) electrons. The lowest BCUT2D eigenvalue weighted by molar-refractivity contribution is -0.482. The van der Waals surface area contributed by atoms with Crippen LogP contribution in [-0.4, -0.2) is 99.3 Å². The van der Waals surface area contributed by atoms with E-state index in [0.717, 1.165) is 26.3 Å². The minimum Gasteiger partial charge on any atom is -0.741 e. The van der Waals surface area contributed by atoms with Crippen LogP contribution in [0.4, 0.5) is 26.3 Å². The second kappa shape index (κ2) is 14.4. The normalized spacial score (nSPS) is 15.6. The number of hydrogen-bond donors (Lipinski definition) is 0. The van der Waals surface area contributed by atoms with Crippen molar-refractivity contribution in [3.8, 4) is 0 Å². The average molecular weight is 500 g/mol. The van der Waals surface area contributed by atoms with Crippen molar-refractivity contribution < 1.29 is 70.9 Å². The Morgan fingerprint density at radius 2 is 0.933 bits per heavy atom. The lowest BCUT2D eigenvalue weighted by atomic mass is 10.7. The number of ether oxygens (including phenoxy) is 2. The smallest absolute Gasteiger partial charge is 0.485 e. The highest BCUT2D eigenvalue weighted by Gasteiger charge is 2.37. The van der Waals surface area contributed by atoms with Crippen molar-refractivity contribution in [2.24, 2.45) is 0 Å². The van der Waals surface area contributed by atoms with Crippen LogP contribution in [0.25, 0.3) is 0 Å². The Labute approximate surface area is 169 Å². The SMILES string of the molecule is CC.C[N+]1=COCC1.C[N+]1=COCC1.O=S(=O)([O-])C(F)(F)F.O=S(=O)([O-])C(F)(F)F. The van der Waals surface area contributed by atoms with Gasteiger partial charge in [0.15, 0.2) is 46.5 Å². The molecule has 182 valence electrons. The number of alkyl halides is 6. The van der Waals surface area contributed by atoms with Crippen molar-refractivity contribution in [1.82, 2.24) is 0 Å². The molecule has 0 aliphatic carbocycles. The van der Waals surface area contributed by atoms with Gasteiger partial charge in [-0.1, -0.05) is 13.8 Å². The molecule has 0 amide bonds. The Morgan fingerprint density at radius 1 is 0.733 bits per heavy atom. The third-order valence-electron chi connectivity index (χ3n) is 2.20. The molecule has 0 bridgehead atoms. The van der Waals surface area contributed by atoms with Gasteiger partial charge in [0.2, 0.25) is 0 Å². The molecule has 0 aromatic rings. The molecule has 0 aromatic carbocycles. The summed E-state index contributed by atoms with van der Waals surface area (Å²) in [4.78, 5) is 0. The van der Waals surface area contributed by atoms with Crippen molar-refractivity contribution in [1.29, 1.82) is 0 Å². The van der Waals surface area contributed by atoms with Gasteiger partial charge in [-0.25, -0.2) is 26.0 Å². The zero-order valence-corrected chi connectivity index (χ0v) is 17.9. The second-order valence-electron chi connectivity index (χ2n) is 4.71. The van der Waals surface area contributed by atoms with Gasteiger partial charge in [0.1, 0.15) is 14.1 Å². The highest BCUT2D eigenvalue weighted by molar-refractivity contribution is 7.86. The van der Waals surface area contributed by atoms with Gasteiger partial charge in [-0.2, -0.15) is 26.3 Å². The van der Waals surface area contributed by atoms with Crippen LogP contribution in [0.5, 0.6) is 0 Å². The van der Waals surface area contributed by atoms with Gasteiger partial charge in [-0.3, -0.25) is 0 Å². The Kier molecular flexibility index (Phi) is 15.8. The summed E-state index contributed by atoms with van der Waals surface area (Å²) in [6, 6.07) is 0. The molecule has 0 fully saturated rings. The summed E-state index contributed by atoms with van der Waals surface area (Å²) in [5.74, 6) is 0. The molecule has 0 saturated heterocycles. The molecular formula is C12H22F6N2O8S2. The van der Waals surface area contributed by atoms with E-state index < -0.39 is 31.3 Å².